The molecule has 0 fully saturated rings. The van der Waals surface area contributed by atoms with Crippen LogP contribution in [0.2, 0.25) is 0 Å². The zero-order valence-corrected chi connectivity index (χ0v) is 23.4. The fourth-order valence-corrected chi connectivity index (χ4v) is 1.73. The second kappa shape index (κ2) is 15.8. The van der Waals surface area contributed by atoms with Crippen LogP contribution >= 0.6 is 0 Å². The minimum atomic E-state index is -4.41. The van der Waals surface area contributed by atoms with Crippen molar-refractivity contribution in [1.82, 2.24) is 0 Å². The third kappa shape index (κ3) is 23.6. The number of quaternary nitrogens is 2. The number of hydrogen-bond donors (Lipinski definition) is 0. The zero-order chi connectivity index (χ0) is 28.8. The number of benzene rings is 1. The number of carbonyl (C=O) groups is 2. The van der Waals surface area contributed by atoms with Gasteiger partial charge in [-0.15, -0.1) is 0 Å². The smallest absolute Gasteiger partial charge is 0.338 e. The molecule has 0 aliphatic heterocycles. The second-order valence-corrected chi connectivity index (χ2v) is 11.3. The van der Waals surface area contributed by atoms with Gasteiger partial charge >= 0.3 is 11.9 Å². The lowest BCUT2D eigenvalue weighted by molar-refractivity contribution is -0.870. The van der Waals surface area contributed by atoms with Crippen molar-refractivity contribution in [2.75, 3.05) is 82.8 Å². The summed E-state index contributed by atoms with van der Waals surface area (Å²) in [6, 6.07) is 6.35. The number of esters is 2. The van der Waals surface area contributed by atoms with Crippen LogP contribution in [-0.2, 0) is 38.6 Å². The summed E-state index contributed by atoms with van der Waals surface area (Å²) in [5.74, 6) is -0.762. The standard InChI is InChI=1S/C18H30N2O4.2CH4O4S/c1-19(2,3)11-13-23-17(21)15-7-9-16(10-8-15)18(22)24-14-12-20(4,5)6;2*1-5-6(2,3)4/h7-10H,11-14H2,1-6H3;2*1H3,(H,2,3,4)/q+2;;/p-2. The molecule has 0 amide bonds. The van der Waals surface area contributed by atoms with E-state index in [-0.39, 0.29) is 11.9 Å². The Kier molecular flexibility index (Phi) is 15.8. The van der Waals surface area contributed by atoms with Crippen molar-refractivity contribution in [1.29, 1.82) is 0 Å². The highest BCUT2D eigenvalue weighted by atomic mass is 32.3. The van der Waals surface area contributed by atoms with E-state index >= 15 is 0 Å². The van der Waals surface area contributed by atoms with Crippen LogP contribution in [0.3, 0.4) is 0 Å². The summed E-state index contributed by atoms with van der Waals surface area (Å²) in [7, 11) is 5.00. The topological polar surface area (TPSA) is 185 Å². The third-order valence-electron chi connectivity index (χ3n) is 3.76. The molecule has 0 unspecified atom stereocenters. The molecule has 0 heterocycles. The van der Waals surface area contributed by atoms with Crippen molar-refractivity contribution >= 4 is 32.7 Å². The minimum absolute atomic E-state index is 0.358. The molecule has 0 saturated heterocycles. The van der Waals surface area contributed by atoms with E-state index in [1.807, 2.05) is 42.3 Å². The van der Waals surface area contributed by atoms with E-state index in [2.05, 4.69) is 8.37 Å². The number of nitrogens with zero attached hydrogens (tertiary/aromatic N) is 2. The third-order valence-corrected chi connectivity index (χ3v) is 4.57. The van der Waals surface area contributed by atoms with E-state index < -0.39 is 20.8 Å². The average molecular weight is 561 g/mol. The molecule has 1 rings (SSSR count). The lowest BCUT2D eigenvalue weighted by Gasteiger charge is -2.23. The summed E-state index contributed by atoms with van der Waals surface area (Å²) in [6.45, 7) is 2.19. The first-order valence-electron chi connectivity index (χ1n) is 10.2. The summed E-state index contributed by atoms with van der Waals surface area (Å²) >= 11 is 0. The highest BCUT2D eigenvalue weighted by molar-refractivity contribution is 7.81. The molecule has 1 aromatic rings. The first kappa shape index (κ1) is 36.0. The van der Waals surface area contributed by atoms with Crippen molar-refractivity contribution in [3.8, 4) is 0 Å². The predicted octanol–water partition coefficient (Wildman–Crippen LogP) is -0.401. The summed E-state index contributed by atoms with van der Waals surface area (Å²) in [5.41, 5.74) is 0.860. The highest BCUT2D eigenvalue weighted by Gasteiger charge is 2.14. The maximum Gasteiger partial charge on any atom is 0.338 e. The zero-order valence-electron chi connectivity index (χ0n) is 21.7. The average Bonchev–Trinajstić information content (AvgIpc) is 2.71. The molecule has 0 aliphatic rings. The van der Waals surface area contributed by atoms with Crippen molar-refractivity contribution in [3.05, 3.63) is 35.4 Å². The van der Waals surface area contributed by atoms with E-state index in [0.717, 1.165) is 36.3 Å². The number of hydrogen-bond acceptors (Lipinski definition) is 12. The van der Waals surface area contributed by atoms with Crippen molar-refractivity contribution in [2.45, 2.75) is 0 Å². The normalized spacial score (nSPS) is 11.8. The monoisotopic (exact) mass is 560 g/mol. The van der Waals surface area contributed by atoms with Crippen LogP contribution in [0.4, 0.5) is 0 Å². The second-order valence-electron chi connectivity index (χ2n) is 9.03. The highest BCUT2D eigenvalue weighted by Crippen LogP contribution is 2.08. The largest absolute Gasteiger partial charge is 0.726 e. The number of likely N-dealkylation sites (N-methyl/N-ethyl adjacent to an activating group) is 2. The molecule has 14 nitrogen and oxygen atoms in total. The van der Waals surface area contributed by atoms with Crippen molar-refractivity contribution in [2.24, 2.45) is 0 Å². The summed E-state index contributed by atoms with van der Waals surface area (Å²) < 4.78 is 74.0. The van der Waals surface area contributed by atoms with Gasteiger partial charge in [0, 0.05) is 0 Å². The molecule has 16 heteroatoms. The van der Waals surface area contributed by atoms with E-state index in [0.29, 0.717) is 24.3 Å². The van der Waals surface area contributed by atoms with Gasteiger partial charge in [-0.25, -0.2) is 26.4 Å². The van der Waals surface area contributed by atoms with Gasteiger partial charge in [-0.05, 0) is 24.3 Å². The first-order valence-corrected chi connectivity index (χ1v) is 12.8. The van der Waals surface area contributed by atoms with E-state index in [9.17, 15) is 35.5 Å². The molecular weight excluding hydrogens is 524 g/mol. The predicted molar refractivity (Wildman–Crippen MR) is 126 cm³/mol. The SMILES string of the molecule is COS(=O)(=O)[O-].COS(=O)(=O)[O-].C[N+](C)(C)CCOC(=O)c1ccc(C(=O)OCC[N+](C)(C)C)cc1. The van der Waals surface area contributed by atoms with Gasteiger partial charge in [0.15, 0.2) is 0 Å². The van der Waals surface area contributed by atoms with Crippen LogP contribution in [0.5, 0.6) is 0 Å². The van der Waals surface area contributed by atoms with Gasteiger partial charge < -0.3 is 27.5 Å². The van der Waals surface area contributed by atoms with Crippen molar-refractivity contribution < 1.29 is 62.3 Å². The molecule has 0 N–H and O–H groups in total. The summed E-state index contributed by atoms with van der Waals surface area (Å²) in [6.07, 6.45) is 0. The molecule has 0 atom stereocenters. The molecule has 1 aromatic carbocycles. The lowest BCUT2D eigenvalue weighted by Crippen LogP contribution is -2.38. The summed E-state index contributed by atoms with van der Waals surface area (Å²) in [5, 5.41) is 0. The Hall–Kier alpha value is -2.18. The number of ether oxygens (including phenoxy) is 2. The molecular formula is C20H36N2O12S2. The van der Waals surface area contributed by atoms with Gasteiger partial charge in [0.2, 0.25) is 20.8 Å². The molecule has 0 radical (unpaired) electrons. The Balaban J connectivity index is 0. The molecule has 210 valence electrons. The minimum Gasteiger partial charge on any atom is -0.726 e. The Bertz CT molecular complexity index is 927. The Morgan fingerprint density at radius 1 is 0.667 bits per heavy atom. The van der Waals surface area contributed by atoms with Crippen LogP contribution in [0.1, 0.15) is 20.7 Å². The van der Waals surface area contributed by atoms with Gasteiger partial charge in [0.1, 0.15) is 26.3 Å². The Labute approximate surface area is 213 Å². The van der Waals surface area contributed by atoms with Crippen LogP contribution in [-0.4, -0.2) is 130 Å². The summed E-state index contributed by atoms with van der Waals surface area (Å²) in [4.78, 5) is 23.9. The molecule has 0 saturated carbocycles. The number of rotatable bonds is 10. The fourth-order valence-electron chi connectivity index (χ4n) is 1.73. The van der Waals surface area contributed by atoms with E-state index in [1.54, 1.807) is 24.3 Å². The molecule has 0 aliphatic carbocycles. The van der Waals surface area contributed by atoms with Gasteiger partial charge in [0.25, 0.3) is 0 Å². The lowest BCUT2D eigenvalue weighted by atomic mass is 10.1. The first-order chi connectivity index (χ1) is 16.1. The number of carbonyl (C=O) groups excluding carboxylic acids is 2. The maximum absolute atomic E-state index is 11.9. The molecule has 0 spiro atoms. The van der Waals surface area contributed by atoms with E-state index in [1.165, 1.54) is 0 Å². The Morgan fingerprint density at radius 2 is 0.889 bits per heavy atom. The quantitative estimate of drug-likeness (QED) is 0.156. The van der Waals surface area contributed by atoms with Gasteiger partial charge in [-0.3, -0.25) is 8.37 Å². The van der Waals surface area contributed by atoms with Crippen LogP contribution in [0, 0.1) is 0 Å². The van der Waals surface area contributed by atoms with E-state index in [4.69, 9.17) is 9.47 Å². The molecule has 0 bridgehead atoms. The fraction of sp³-hybridized carbons (Fsp3) is 0.600. The van der Waals surface area contributed by atoms with Crippen LogP contribution in [0.25, 0.3) is 0 Å². The van der Waals surface area contributed by atoms with Crippen molar-refractivity contribution in [3.63, 3.8) is 0 Å². The van der Waals surface area contributed by atoms with Gasteiger partial charge in [0.05, 0.1) is 67.6 Å². The maximum atomic E-state index is 11.9. The molecule has 0 aromatic heterocycles. The van der Waals surface area contributed by atoms with Gasteiger partial charge in [-0.2, -0.15) is 0 Å². The molecule has 36 heavy (non-hydrogen) atoms. The van der Waals surface area contributed by atoms with Crippen LogP contribution in [0.15, 0.2) is 24.3 Å². The van der Waals surface area contributed by atoms with Crippen LogP contribution < -0.4 is 0 Å². The Morgan fingerprint density at radius 3 is 1.06 bits per heavy atom. The van der Waals surface area contributed by atoms with Gasteiger partial charge in [-0.1, -0.05) is 0 Å².